The van der Waals surface area contributed by atoms with Crippen LogP contribution in [0.2, 0.25) is 0 Å². The first-order valence-corrected chi connectivity index (χ1v) is 11.8. The second-order valence-electron chi connectivity index (χ2n) is 8.41. The third kappa shape index (κ3) is 4.02. The summed E-state index contributed by atoms with van der Waals surface area (Å²) < 4.78 is 34.6. The molecule has 0 N–H and O–H groups in total. The minimum Gasteiger partial charge on any atom is -0.494 e. The molecule has 0 spiro atoms. The zero-order chi connectivity index (χ0) is 25.2. The highest BCUT2D eigenvalue weighted by molar-refractivity contribution is 6.02. The van der Waals surface area contributed by atoms with Gasteiger partial charge in [-0.1, -0.05) is 12.1 Å². The Kier molecular flexibility index (Phi) is 6.50. The molecule has 0 radical (unpaired) electrons. The maximum atomic E-state index is 6.58. The van der Waals surface area contributed by atoms with Crippen LogP contribution in [0.15, 0.2) is 59.7 Å². The third-order valence-corrected chi connectivity index (χ3v) is 6.47. The summed E-state index contributed by atoms with van der Waals surface area (Å²) in [4.78, 5) is 0. The number of methoxy groups -OCH3 is 4. The molecule has 0 aromatic heterocycles. The number of nitrogens with zero attached hydrogens (tertiary/aromatic N) is 2. The van der Waals surface area contributed by atoms with Crippen molar-refractivity contribution in [3.63, 3.8) is 0 Å². The minimum absolute atomic E-state index is 0.0329. The molecule has 0 aliphatic carbocycles. The molecule has 0 saturated heterocycles. The molecule has 8 nitrogen and oxygen atoms in total. The normalized spacial score (nSPS) is 17.9. The standard InChI is InChI=1S/C28H30N2O6/c1-6-35-19-12-10-17(11-13-19)21-16-22-20-8-7-9-23(31-2)26(20)36-28(30(22)29-21)18-14-24(32-3)27(34-5)25(15-18)33-4/h7-15,22,28H,6,16H2,1-5H3/t22-,28-/m0/s1. The van der Waals surface area contributed by atoms with E-state index < -0.39 is 6.23 Å². The fourth-order valence-electron chi connectivity index (χ4n) is 4.79. The van der Waals surface area contributed by atoms with Gasteiger partial charge in [-0.2, -0.15) is 5.10 Å². The van der Waals surface area contributed by atoms with E-state index in [0.717, 1.165) is 34.6 Å². The van der Waals surface area contributed by atoms with Crippen molar-refractivity contribution in [1.29, 1.82) is 0 Å². The van der Waals surface area contributed by atoms with Crippen LogP contribution in [-0.2, 0) is 0 Å². The lowest BCUT2D eigenvalue weighted by molar-refractivity contribution is -0.0211. The average molecular weight is 491 g/mol. The molecule has 188 valence electrons. The summed E-state index contributed by atoms with van der Waals surface area (Å²) in [5.41, 5.74) is 3.87. The van der Waals surface area contributed by atoms with Gasteiger partial charge in [0.05, 0.1) is 46.8 Å². The second-order valence-corrected chi connectivity index (χ2v) is 8.41. The fraction of sp³-hybridized carbons (Fsp3) is 0.321. The monoisotopic (exact) mass is 490 g/mol. The Labute approximate surface area is 210 Å². The largest absolute Gasteiger partial charge is 0.494 e. The number of ether oxygens (including phenoxy) is 6. The number of hydrazone groups is 1. The van der Waals surface area contributed by atoms with E-state index in [0.29, 0.717) is 35.4 Å². The summed E-state index contributed by atoms with van der Waals surface area (Å²) in [6, 6.07) is 17.8. The van der Waals surface area contributed by atoms with E-state index in [4.69, 9.17) is 33.5 Å². The van der Waals surface area contributed by atoms with E-state index in [1.165, 1.54) is 0 Å². The van der Waals surface area contributed by atoms with E-state index in [2.05, 4.69) is 6.07 Å². The lowest BCUT2D eigenvalue weighted by Gasteiger charge is -2.38. The summed E-state index contributed by atoms with van der Waals surface area (Å²) in [6.45, 7) is 2.60. The molecule has 0 unspecified atom stereocenters. The topological polar surface area (TPSA) is 71.0 Å². The van der Waals surface area contributed by atoms with Crippen molar-refractivity contribution < 1.29 is 28.4 Å². The zero-order valence-electron chi connectivity index (χ0n) is 21.1. The molecule has 36 heavy (non-hydrogen) atoms. The van der Waals surface area contributed by atoms with Crippen LogP contribution < -0.4 is 28.4 Å². The van der Waals surface area contributed by atoms with Gasteiger partial charge in [-0.25, -0.2) is 5.01 Å². The molecule has 0 bridgehead atoms. The van der Waals surface area contributed by atoms with Crippen molar-refractivity contribution in [2.24, 2.45) is 5.10 Å². The maximum absolute atomic E-state index is 6.58. The second kappa shape index (κ2) is 9.89. The van der Waals surface area contributed by atoms with E-state index in [1.54, 1.807) is 28.4 Å². The predicted molar refractivity (Wildman–Crippen MR) is 136 cm³/mol. The molecule has 5 rings (SSSR count). The molecule has 3 aromatic carbocycles. The van der Waals surface area contributed by atoms with Crippen LogP contribution in [0.1, 0.15) is 42.3 Å². The van der Waals surface area contributed by atoms with Crippen molar-refractivity contribution in [2.45, 2.75) is 25.6 Å². The molecule has 2 heterocycles. The first-order valence-electron chi connectivity index (χ1n) is 11.8. The Balaban J connectivity index is 1.61. The van der Waals surface area contributed by atoms with Crippen molar-refractivity contribution in [2.75, 3.05) is 35.0 Å². The van der Waals surface area contributed by atoms with Gasteiger partial charge in [-0.3, -0.25) is 0 Å². The Morgan fingerprint density at radius 2 is 1.58 bits per heavy atom. The molecular formula is C28H30N2O6. The van der Waals surface area contributed by atoms with Crippen molar-refractivity contribution in [3.8, 4) is 34.5 Å². The first kappa shape index (κ1) is 23.7. The molecule has 0 fully saturated rings. The molecule has 0 amide bonds. The minimum atomic E-state index is -0.535. The number of rotatable bonds is 8. The van der Waals surface area contributed by atoms with Gasteiger partial charge in [0.15, 0.2) is 23.0 Å². The van der Waals surface area contributed by atoms with Crippen molar-refractivity contribution in [1.82, 2.24) is 5.01 Å². The van der Waals surface area contributed by atoms with Gasteiger partial charge in [-0.05, 0) is 55.0 Å². The molecule has 2 atom stereocenters. The number of hydrogen-bond donors (Lipinski definition) is 0. The first-order chi connectivity index (χ1) is 17.6. The zero-order valence-corrected chi connectivity index (χ0v) is 21.1. The van der Waals surface area contributed by atoms with Crippen LogP contribution >= 0.6 is 0 Å². The fourth-order valence-corrected chi connectivity index (χ4v) is 4.79. The predicted octanol–water partition coefficient (Wildman–Crippen LogP) is 5.36. The van der Waals surface area contributed by atoms with Crippen LogP contribution in [0.4, 0.5) is 0 Å². The molecule has 8 heteroatoms. The molecule has 3 aromatic rings. The number of hydrogen-bond acceptors (Lipinski definition) is 8. The number of fused-ring (bicyclic) bond motifs is 3. The van der Waals surface area contributed by atoms with Gasteiger partial charge >= 0.3 is 0 Å². The summed E-state index contributed by atoms with van der Waals surface area (Å²) in [5, 5.41) is 7.06. The summed E-state index contributed by atoms with van der Waals surface area (Å²) in [6.07, 6.45) is 0.186. The van der Waals surface area contributed by atoms with Gasteiger partial charge in [0, 0.05) is 17.5 Å². The summed E-state index contributed by atoms with van der Waals surface area (Å²) in [5.74, 6) is 3.85. The number of benzene rings is 3. The lowest BCUT2D eigenvalue weighted by Crippen LogP contribution is -2.34. The van der Waals surface area contributed by atoms with Gasteiger partial charge in [-0.15, -0.1) is 0 Å². The lowest BCUT2D eigenvalue weighted by atomic mass is 9.95. The quantitative estimate of drug-likeness (QED) is 0.421. The van der Waals surface area contributed by atoms with Gasteiger partial charge in [0.2, 0.25) is 12.0 Å². The van der Waals surface area contributed by atoms with E-state index in [9.17, 15) is 0 Å². The summed E-state index contributed by atoms with van der Waals surface area (Å²) in [7, 11) is 6.43. The highest BCUT2D eigenvalue weighted by atomic mass is 16.5. The Morgan fingerprint density at radius 1 is 0.889 bits per heavy atom. The SMILES string of the molecule is CCOc1ccc(C2=NN3[C@@H](C2)c2cccc(OC)c2O[C@H]3c2cc(OC)c(OC)c(OC)c2)cc1. The van der Waals surface area contributed by atoms with Crippen LogP contribution in [0.25, 0.3) is 0 Å². The van der Waals surface area contributed by atoms with Gasteiger partial charge in [0.25, 0.3) is 0 Å². The highest BCUT2D eigenvalue weighted by Gasteiger charge is 2.42. The Bertz CT molecular complexity index is 1250. The van der Waals surface area contributed by atoms with Crippen LogP contribution in [0.3, 0.4) is 0 Å². The Morgan fingerprint density at radius 3 is 2.19 bits per heavy atom. The highest BCUT2D eigenvalue weighted by Crippen LogP contribution is 2.52. The van der Waals surface area contributed by atoms with Gasteiger partial charge in [0.1, 0.15) is 5.75 Å². The van der Waals surface area contributed by atoms with E-state index >= 15 is 0 Å². The number of para-hydroxylation sites is 1. The Hall–Kier alpha value is -4.07. The summed E-state index contributed by atoms with van der Waals surface area (Å²) >= 11 is 0. The average Bonchev–Trinajstić information content (AvgIpc) is 3.37. The third-order valence-electron chi connectivity index (χ3n) is 6.47. The van der Waals surface area contributed by atoms with E-state index in [-0.39, 0.29) is 6.04 Å². The van der Waals surface area contributed by atoms with Crippen molar-refractivity contribution in [3.05, 3.63) is 71.3 Å². The van der Waals surface area contributed by atoms with Crippen LogP contribution in [0.5, 0.6) is 34.5 Å². The molecule has 2 aliphatic rings. The van der Waals surface area contributed by atoms with E-state index in [1.807, 2.05) is 60.5 Å². The van der Waals surface area contributed by atoms with Crippen molar-refractivity contribution >= 4 is 5.71 Å². The van der Waals surface area contributed by atoms with Gasteiger partial charge < -0.3 is 28.4 Å². The van der Waals surface area contributed by atoms with Crippen LogP contribution in [-0.4, -0.2) is 45.8 Å². The molecule has 0 saturated carbocycles. The maximum Gasteiger partial charge on any atom is 0.214 e. The smallest absolute Gasteiger partial charge is 0.214 e. The molecular weight excluding hydrogens is 460 g/mol. The van der Waals surface area contributed by atoms with Crippen LogP contribution in [0, 0.1) is 0 Å². The molecule has 2 aliphatic heterocycles.